The molecule has 92 valence electrons. The molecule has 0 bridgehead atoms. The molecular weight excluding hydrogens is 204 g/mol. The summed E-state index contributed by atoms with van der Waals surface area (Å²) in [7, 11) is 0. The van der Waals surface area contributed by atoms with Crippen LogP contribution in [0.15, 0.2) is 0 Å². The normalized spacial score (nSPS) is 35.2. The van der Waals surface area contributed by atoms with Gasteiger partial charge in [0.15, 0.2) is 0 Å². The number of hydrogen-bond acceptors (Lipinski definition) is 2. The van der Waals surface area contributed by atoms with E-state index < -0.39 is 0 Å². The molecule has 1 aliphatic heterocycles. The molecule has 4 nitrogen and oxygen atoms in total. The maximum atomic E-state index is 11.8. The molecule has 1 aliphatic carbocycles. The summed E-state index contributed by atoms with van der Waals surface area (Å²) in [6, 6.07) is 0.341. The summed E-state index contributed by atoms with van der Waals surface area (Å²) >= 11 is 0. The number of amides is 2. The number of hydrogen-bond donors (Lipinski definition) is 2. The molecule has 0 aromatic rings. The van der Waals surface area contributed by atoms with Gasteiger partial charge in [-0.15, -0.1) is 0 Å². The summed E-state index contributed by atoms with van der Waals surface area (Å²) in [5.41, 5.74) is -0.206. The fourth-order valence-electron chi connectivity index (χ4n) is 2.55. The molecule has 0 aromatic heterocycles. The Kier molecular flexibility index (Phi) is 3.38. The van der Waals surface area contributed by atoms with Crippen molar-refractivity contribution < 1.29 is 9.53 Å². The molecular formula is C12H22N2O2. The van der Waals surface area contributed by atoms with Crippen LogP contribution in [0.25, 0.3) is 0 Å². The van der Waals surface area contributed by atoms with Crippen LogP contribution in [0.3, 0.4) is 0 Å². The average molecular weight is 226 g/mol. The topological polar surface area (TPSA) is 50.4 Å². The fraction of sp³-hybridized carbons (Fsp3) is 0.917. The highest BCUT2D eigenvalue weighted by Crippen LogP contribution is 2.25. The first-order chi connectivity index (χ1) is 7.60. The van der Waals surface area contributed by atoms with Crippen molar-refractivity contribution in [2.45, 2.75) is 63.6 Å². The van der Waals surface area contributed by atoms with Crippen molar-refractivity contribution in [2.24, 2.45) is 0 Å². The number of carbonyl (C=O) groups is 1. The van der Waals surface area contributed by atoms with E-state index in [4.69, 9.17) is 4.74 Å². The van der Waals surface area contributed by atoms with Crippen LogP contribution >= 0.6 is 0 Å². The molecule has 0 radical (unpaired) electrons. The first-order valence-corrected chi connectivity index (χ1v) is 6.30. The zero-order valence-corrected chi connectivity index (χ0v) is 10.2. The molecule has 0 aromatic carbocycles. The second-order valence-corrected chi connectivity index (χ2v) is 5.26. The predicted molar refractivity (Wildman–Crippen MR) is 62.4 cm³/mol. The first-order valence-electron chi connectivity index (χ1n) is 6.30. The van der Waals surface area contributed by atoms with Crippen molar-refractivity contribution in [3.63, 3.8) is 0 Å². The van der Waals surface area contributed by atoms with Crippen LogP contribution in [0.5, 0.6) is 0 Å². The van der Waals surface area contributed by atoms with Crippen LogP contribution in [0.1, 0.15) is 46.0 Å². The van der Waals surface area contributed by atoms with E-state index in [-0.39, 0.29) is 17.7 Å². The number of ether oxygens (including phenoxy) is 1. The molecule has 1 saturated heterocycles. The standard InChI is InChI=1S/C12H22N2O2/c1-9-12(2,7-8-16-9)14-11(15)13-10-5-3-4-6-10/h9-10H,3-8H2,1-2H3,(H2,13,14,15). The van der Waals surface area contributed by atoms with E-state index in [9.17, 15) is 4.79 Å². The van der Waals surface area contributed by atoms with Gasteiger partial charge in [0.1, 0.15) is 0 Å². The Hall–Kier alpha value is -0.770. The molecule has 16 heavy (non-hydrogen) atoms. The van der Waals surface area contributed by atoms with E-state index >= 15 is 0 Å². The number of carbonyl (C=O) groups excluding carboxylic acids is 1. The van der Waals surface area contributed by atoms with Crippen molar-refractivity contribution in [1.82, 2.24) is 10.6 Å². The van der Waals surface area contributed by atoms with Gasteiger partial charge in [-0.25, -0.2) is 4.79 Å². The minimum atomic E-state index is -0.206. The summed E-state index contributed by atoms with van der Waals surface area (Å²) in [6.45, 7) is 4.81. The van der Waals surface area contributed by atoms with E-state index in [1.807, 2.05) is 6.92 Å². The number of nitrogens with one attached hydrogen (secondary N) is 2. The predicted octanol–water partition coefficient (Wildman–Crippen LogP) is 1.80. The summed E-state index contributed by atoms with van der Waals surface area (Å²) in [5.74, 6) is 0. The van der Waals surface area contributed by atoms with Gasteiger partial charge in [0.25, 0.3) is 0 Å². The molecule has 2 N–H and O–H groups in total. The highest BCUT2D eigenvalue weighted by molar-refractivity contribution is 5.75. The first kappa shape index (κ1) is 11.7. The number of rotatable bonds is 2. The summed E-state index contributed by atoms with van der Waals surface area (Å²) < 4.78 is 5.50. The molecule has 1 heterocycles. The molecule has 2 fully saturated rings. The van der Waals surface area contributed by atoms with Gasteiger partial charge in [-0.2, -0.15) is 0 Å². The van der Waals surface area contributed by atoms with Gasteiger partial charge in [-0.3, -0.25) is 0 Å². The molecule has 2 amide bonds. The minimum absolute atomic E-state index is 0.0354. The zero-order valence-electron chi connectivity index (χ0n) is 10.2. The Balaban J connectivity index is 1.81. The van der Waals surface area contributed by atoms with Gasteiger partial charge in [-0.1, -0.05) is 12.8 Å². The smallest absolute Gasteiger partial charge is 0.315 e. The van der Waals surface area contributed by atoms with E-state index in [2.05, 4.69) is 17.6 Å². The maximum absolute atomic E-state index is 11.8. The summed E-state index contributed by atoms with van der Waals surface area (Å²) in [4.78, 5) is 11.8. The van der Waals surface area contributed by atoms with Crippen LogP contribution in [0.4, 0.5) is 4.79 Å². The molecule has 4 heteroatoms. The quantitative estimate of drug-likeness (QED) is 0.754. The SMILES string of the molecule is CC1OCCC1(C)NC(=O)NC1CCCC1. The Labute approximate surface area is 97.1 Å². The van der Waals surface area contributed by atoms with E-state index in [1.54, 1.807) is 0 Å². The van der Waals surface area contributed by atoms with E-state index in [0.29, 0.717) is 6.04 Å². The van der Waals surface area contributed by atoms with Gasteiger partial charge in [-0.05, 0) is 33.1 Å². The van der Waals surface area contributed by atoms with Crippen molar-refractivity contribution in [3.8, 4) is 0 Å². The Morgan fingerprint density at radius 3 is 2.62 bits per heavy atom. The fourth-order valence-corrected chi connectivity index (χ4v) is 2.55. The summed E-state index contributed by atoms with van der Waals surface area (Å²) in [6.07, 6.45) is 5.71. The monoisotopic (exact) mass is 226 g/mol. The van der Waals surface area contributed by atoms with Gasteiger partial charge in [0.05, 0.1) is 11.6 Å². The molecule has 2 atom stereocenters. The molecule has 2 rings (SSSR count). The number of urea groups is 1. The van der Waals surface area contributed by atoms with Crippen molar-refractivity contribution in [3.05, 3.63) is 0 Å². The molecule has 0 spiro atoms. The lowest BCUT2D eigenvalue weighted by Crippen LogP contribution is -2.55. The molecule has 2 unspecified atom stereocenters. The van der Waals surface area contributed by atoms with Crippen LogP contribution in [-0.4, -0.2) is 30.3 Å². The van der Waals surface area contributed by atoms with E-state index in [1.165, 1.54) is 12.8 Å². The lowest BCUT2D eigenvalue weighted by atomic mass is 9.95. The van der Waals surface area contributed by atoms with E-state index in [0.717, 1.165) is 25.9 Å². The third-order valence-electron chi connectivity index (χ3n) is 3.98. The van der Waals surface area contributed by atoms with Gasteiger partial charge in [0.2, 0.25) is 0 Å². The average Bonchev–Trinajstić information content (AvgIpc) is 2.79. The van der Waals surface area contributed by atoms with Crippen LogP contribution in [-0.2, 0) is 4.74 Å². The Morgan fingerprint density at radius 2 is 2.06 bits per heavy atom. The van der Waals surface area contributed by atoms with Crippen molar-refractivity contribution >= 4 is 6.03 Å². The largest absolute Gasteiger partial charge is 0.376 e. The third kappa shape index (κ3) is 2.48. The molecule has 2 aliphatic rings. The maximum Gasteiger partial charge on any atom is 0.315 e. The third-order valence-corrected chi connectivity index (χ3v) is 3.98. The van der Waals surface area contributed by atoms with Crippen molar-refractivity contribution in [2.75, 3.05) is 6.61 Å². The van der Waals surface area contributed by atoms with Gasteiger partial charge >= 0.3 is 6.03 Å². The van der Waals surface area contributed by atoms with Crippen LogP contribution in [0, 0.1) is 0 Å². The second-order valence-electron chi connectivity index (χ2n) is 5.26. The lowest BCUT2D eigenvalue weighted by Gasteiger charge is -2.29. The van der Waals surface area contributed by atoms with Crippen molar-refractivity contribution in [1.29, 1.82) is 0 Å². The zero-order chi connectivity index (χ0) is 11.6. The van der Waals surface area contributed by atoms with Gasteiger partial charge < -0.3 is 15.4 Å². The van der Waals surface area contributed by atoms with Crippen LogP contribution in [0.2, 0.25) is 0 Å². The summed E-state index contributed by atoms with van der Waals surface area (Å²) in [5, 5.41) is 6.10. The lowest BCUT2D eigenvalue weighted by molar-refractivity contribution is 0.0910. The molecule has 1 saturated carbocycles. The Bertz CT molecular complexity index is 264. The highest BCUT2D eigenvalue weighted by Gasteiger charge is 2.38. The van der Waals surface area contributed by atoms with Crippen LogP contribution < -0.4 is 10.6 Å². The minimum Gasteiger partial charge on any atom is -0.376 e. The Morgan fingerprint density at radius 1 is 1.38 bits per heavy atom. The second kappa shape index (κ2) is 4.62. The highest BCUT2D eigenvalue weighted by atomic mass is 16.5. The van der Waals surface area contributed by atoms with Gasteiger partial charge in [0, 0.05) is 12.6 Å².